The minimum absolute atomic E-state index is 0.0267. The molecular weight excluding hydrogens is 626 g/mol. The summed E-state index contributed by atoms with van der Waals surface area (Å²) in [5.41, 5.74) is -0.493. The number of aliphatic hydroxyl groups is 1. The summed E-state index contributed by atoms with van der Waals surface area (Å²) in [7, 11) is 1.52. The Balaban J connectivity index is 1.46. The van der Waals surface area contributed by atoms with Crippen LogP contribution in [0.15, 0.2) is 55.6 Å². The molecule has 5 rings (SSSR count). The van der Waals surface area contributed by atoms with Gasteiger partial charge in [-0.25, -0.2) is 0 Å². The van der Waals surface area contributed by atoms with Gasteiger partial charge in [0.2, 0.25) is 17.7 Å². The maximum atomic E-state index is 14.7. The molecule has 3 amide bonds. The third-order valence-corrected chi connectivity index (χ3v) is 10.7. The molecule has 49 heavy (non-hydrogen) atoms. The van der Waals surface area contributed by atoms with Gasteiger partial charge in [0.25, 0.3) is 0 Å². The number of esters is 1. The molecule has 0 radical (unpaired) electrons. The monoisotopic (exact) mass is 679 g/mol. The number of hydrogen-bond donors (Lipinski definition) is 2. The number of carbonyl (C=O) groups excluding carboxylic acids is 4. The Morgan fingerprint density at radius 2 is 1.88 bits per heavy atom. The highest BCUT2D eigenvalue weighted by atomic mass is 16.6. The lowest BCUT2D eigenvalue weighted by atomic mass is 9.70. The van der Waals surface area contributed by atoms with Crippen LogP contribution in [0.3, 0.4) is 0 Å². The van der Waals surface area contributed by atoms with E-state index in [1.807, 2.05) is 35.2 Å². The normalized spacial score (nSPS) is 27.3. The van der Waals surface area contributed by atoms with Crippen LogP contribution in [-0.2, 0) is 33.4 Å². The van der Waals surface area contributed by atoms with E-state index in [0.717, 1.165) is 32.1 Å². The second-order valence-corrected chi connectivity index (χ2v) is 13.8. The molecule has 3 heterocycles. The molecule has 1 saturated carbocycles. The quantitative estimate of drug-likeness (QED) is 0.136. The lowest BCUT2D eigenvalue weighted by Crippen LogP contribution is -2.58. The van der Waals surface area contributed by atoms with Gasteiger partial charge in [0, 0.05) is 39.3 Å². The van der Waals surface area contributed by atoms with Crippen molar-refractivity contribution in [2.45, 2.75) is 107 Å². The zero-order valence-electron chi connectivity index (χ0n) is 28.8. The number of ether oxygens (including phenoxy) is 3. The van der Waals surface area contributed by atoms with Crippen LogP contribution in [0.2, 0.25) is 0 Å². The molecule has 11 heteroatoms. The number of allylic oxidation sites excluding steroid dienone is 1. The Bertz CT molecular complexity index is 1330. The number of likely N-dealkylation sites (tertiary alicyclic amines) is 1. The second-order valence-electron chi connectivity index (χ2n) is 13.8. The van der Waals surface area contributed by atoms with Gasteiger partial charge in [-0.1, -0.05) is 61.7 Å². The molecule has 2 bridgehead atoms. The molecule has 3 saturated heterocycles. The Morgan fingerprint density at radius 1 is 1.12 bits per heavy atom. The Hall–Kier alpha value is -3.54. The van der Waals surface area contributed by atoms with Crippen molar-refractivity contribution in [2.24, 2.45) is 11.8 Å². The number of methoxy groups -OCH3 is 1. The van der Waals surface area contributed by atoms with E-state index < -0.39 is 47.7 Å². The predicted molar refractivity (Wildman–Crippen MR) is 183 cm³/mol. The van der Waals surface area contributed by atoms with E-state index in [1.165, 1.54) is 7.11 Å². The lowest BCUT2D eigenvalue weighted by molar-refractivity contribution is -0.163. The van der Waals surface area contributed by atoms with Crippen LogP contribution in [0, 0.1) is 11.8 Å². The molecule has 0 unspecified atom stereocenters. The zero-order valence-corrected chi connectivity index (χ0v) is 28.8. The summed E-state index contributed by atoms with van der Waals surface area (Å²) in [6, 6.07) is 7.63. The van der Waals surface area contributed by atoms with Crippen LogP contribution in [0.4, 0.5) is 0 Å². The summed E-state index contributed by atoms with van der Waals surface area (Å²) < 4.78 is 18.5. The first-order valence-electron chi connectivity index (χ1n) is 18.0. The molecule has 4 aliphatic rings. The molecule has 0 aromatic heterocycles. The number of nitrogens with one attached hydrogen (secondary N) is 1. The number of unbranched alkanes of at least 4 members (excludes halogenated alkanes) is 1. The standard InChI is InChI=1S/C38H53N3O8/c1-4-6-19-30(43)39-28(25-47-3)33(26-15-9-7-10-16-26)48-37(46)31-29-20-21-38(49-29)32(31)35(44)41(23-13-14-24-42)34(38)36(45)40(22-5-2)27-17-11-8-12-18-27/h4-5,7,9-10,15-16,27-29,31-34,42H,1-2,6,8,11-14,17-25H2,3H3,(H,39,43)/t28-,29+,31-,32-,33-,34+,38-/m1/s1. The molecule has 2 N–H and O–H groups in total. The Morgan fingerprint density at radius 3 is 2.55 bits per heavy atom. The summed E-state index contributed by atoms with van der Waals surface area (Å²) in [6.07, 6.45) is 9.62. The molecule has 4 fully saturated rings. The van der Waals surface area contributed by atoms with Crippen LogP contribution in [-0.4, -0.2) is 102 Å². The first-order valence-corrected chi connectivity index (χ1v) is 18.0. The number of aliphatic hydroxyl groups excluding tert-OH is 1. The van der Waals surface area contributed by atoms with Gasteiger partial charge in [0.05, 0.1) is 30.6 Å². The third-order valence-electron chi connectivity index (χ3n) is 10.7. The Labute approximate surface area is 290 Å². The number of hydrogen-bond acceptors (Lipinski definition) is 8. The van der Waals surface area contributed by atoms with Gasteiger partial charge in [0.1, 0.15) is 17.7 Å². The van der Waals surface area contributed by atoms with Gasteiger partial charge in [-0.05, 0) is 50.5 Å². The van der Waals surface area contributed by atoms with Crippen molar-refractivity contribution in [1.82, 2.24) is 15.1 Å². The molecule has 3 aliphatic heterocycles. The summed E-state index contributed by atoms with van der Waals surface area (Å²) >= 11 is 0. The minimum atomic E-state index is -1.16. The first kappa shape index (κ1) is 36.7. The molecule has 1 aromatic rings. The van der Waals surface area contributed by atoms with Crippen LogP contribution in [0.1, 0.15) is 82.3 Å². The first-order chi connectivity index (χ1) is 23.8. The number of fused-ring (bicyclic) bond motifs is 1. The van der Waals surface area contributed by atoms with Crippen LogP contribution in [0.5, 0.6) is 0 Å². The molecule has 11 nitrogen and oxygen atoms in total. The predicted octanol–water partition coefficient (Wildman–Crippen LogP) is 3.86. The summed E-state index contributed by atoms with van der Waals surface area (Å²) in [5, 5.41) is 12.5. The van der Waals surface area contributed by atoms with Crippen molar-refractivity contribution in [3.05, 3.63) is 61.2 Å². The van der Waals surface area contributed by atoms with E-state index in [9.17, 15) is 24.3 Å². The molecule has 7 atom stereocenters. The summed E-state index contributed by atoms with van der Waals surface area (Å²) in [4.78, 5) is 59.9. The number of nitrogens with zero attached hydrogens (tertiary/aromatic N) is 2. The second kappa shape index (κ2) is 16.9. The SMILES string of the molecule is C=CCCC(=O)N[C@H](COC)[C@H](OC(=O)[C@@H]1[C@@H]2CC[C@]3(O2)[C@H](C(=O)N(CC=C)C2CCCCC2)N(CCCCO)C(=O)[C@@H]13)c1ccccc1. The van der Waals surface area contributed by atoms with Crippen molar-refractivity contribution < 1.29 is 38.5 Å². The van der Waals surface area contributed by atoms with E-state index in [4.69, 9.17) is 14.2 Å². The van der Waals surface area contributed by atoms with Crippen LogP contribution < -0.4 is 5.32 Å². The van der Waals surface area contributed by atoms with Crippen molar-refractivity contribution in [3.8, 4) is 0 Å². The van der Waals surface area contributed by atoms with E-state index in [1.54, 1.807) is 17.1 Å². The topological polar surface area (TPSA) is 135 Å². The summed E-state index contributed by atoms with van der Waals surface area (Å²) in [6.45, 7) is 8.31. The zero-order chi connectivity index (χ0) is 35.0. The molecule has 1 aromatic carbocycles. The highest BCUT2D eigenvalue weighted by molar-refractivity contribution is 5.98. The molecule has 1 aliphatic carbocycles. The number of benzene rings is 1. The highest BCUT2D eigenvalue weighted by Gasteiger charge is 2.75. The third kappa shape index (κ3) is 7.64. The maximum Gasteiger partial charge on any atom is 0.313 e. The van der Waals surface area contributed by atoms with Crippen molar-refractivity contribution in [1.29, 1.82) is 0 Å². The van der Waals surface area contributed by atoms with Gasteiger partial charge in [-0.3, -0.25) is 19.2 Å². The van der Waals surface area contributed by atoms with Crippen LogP contribution in [0.25, 0.3) is 0 Å². The van der Waals surface area contributed by atoms with Crippen molar-refractivity contribution in [3.63, 3.8) is 0 Å². The fourth-order valence-electron chi connectivity index (χ4n) is 8.57. The number of amides is 3. The summed E-state index contributed by atoms with van der Waals surface area (Å²) in [5.74, 6) is -3.09. The van der Waals surface area contributed by atoms with Gasteiger partial charge in [0.15, 0.2) is 0 Å². The van der Waals surface area contributed by atoms with Gasteiger partial charge >= 0.3 is 5.97 Å². The van der Waals surface area contributed by atoms with E-state index in [0.29, 0.717) is 44.2 Å². The van der Waals surface area contributed by atoms with Gasteiger partial charge in [-0.2, -0.15) is 0 Å². The number of rotatable bonds is 18. The lowest BCUT2D eigenvalue weighted by Gasteiger charge is -2.40. The largest absolute Gasteiger partial charge is 0.455 e. The average Bonchev–Trinajstić information content (AvgIpc) is 3.76. The minimum Gasteiger partial charge on any atom is -0.455 e. The van der Waals surface area contributed by atoms with Crippen LogP contribution >= 0.6 is 0 Å². The van der Waals surface area contributed by atoms with Crippen molar-refractivity contribution in [2.75, 3.05) is 33.4 Å². The van der Waals surface area contributed by atoms with Gasteiger partial charge < -0.3 is 34.4 Å². The van der Waals surface area contributed by atoms with Gasteiger partial charge in [-0.15, -0.1) is 13.2 Å². The maximum absolute atomic E-state index is 14.7. The van der Waals surface area contributed by atoms with E-state index in [-0.39, 0.29) is 49.9 Å². The molecular formula is C38H53N3O8. The fraction of sp³-hybridized carbons (Fsp3) is 0.632. The highest BCUT2D eigenvalue weighted by Crippen LogP contribution is 2.59. The van der Waals surface area contributed by atoms with E-state index >= 15 is 0 Å². The molecule has 1 spiro atoms. The molecule has 268 valence electrons. The van der Waals surface area contributed by atoms with Crippen molar-refractivity contribution >= 4 is 23.7 Å². The smallest absolute Gasteiger partial charge is 0.313 e. The van der Waals surface area contributed by atoms with E-state index in [2.05, 4.69) is 18.5 Å². The fourth-order valence-corrected chi connectivity index (χ4v) is 8.57. The average molecular weight is 680 g/mol. The number of carbonyl (C=O) groups is 4. The Kier molecular flexibility index (Phi) is 12.7.